The van der Waals surface area contributed by atoms with Crippen LogP contribution in [0.1, 0.15) is 10.4 Å². The Labute approximate surface area is 157 Å². The van der Waals surface area contributed by atoms with Crippen LogP contribution in [0, 0.1) is 0 Å². The number of halogens is 2. The molecule has 124 valence electrons. The molecule has 1 saturated heterocycles. The second-order valence-corrected chi connectivity index (χ2v) is 8.78. The van der Waals surface area contributed by atoms with E-state index < -0.39 is 0 Å². The van der Waals surface area contributed by atoms with Crippen LogP contribution in [-0.4, -0.2) is 42.0 Å². The standard InChI is InChI=1S/C16H13Cl2N3OS2/c17-13-9-10(14(18)24-13)15(22)20-5-7-21(8-6-20)16-19-11-3-1-2-4-12(11)23-16/h1-4,9H,5-8H2. The highest BCUT2D eigenvalue weighted by molar-refractivity contribution is 7.22. The van der Waals surface area contributed by atoms with Crippen LogP contribution in [0.2, 0.25) is 8.67 Å². The van der Waals surface area contributed by atoms with Gasteiger partial charge in [0.2, 0.25) is 0 Å². The van der Waals surface area contributed by atoms with Crippen molar-refractivity contribution in [2.45, 2.75) is 0 Å². The molecule has 0 N–H and O–H groups in total. The number of amides is 1. The molecule has 0 atom stereocenters. The zero-order valence-corrected chi connectivity index (χ0v) is 15.7. The Morgan fingerprint density at radius 3 is 2.50 bits per heavy atom. The molecule has 4 nitrogen and oxygen atoms in total. The van der Waals surface area contributed by atoms with Crippen molar-refractivity contribution >= 4 is 67.1 Å². The molecule has 1 aliphatic heterocycles. The Morgan fingerprint density at radius 1 is 1.08 bits per heavy atom. The summed E-state index contributed by atoms with van der Waals surface area (Å²) in [6, 6.07) is 9.78. The third-order valence-corrected chi connectivity index (χ3v) is 6.59. The Balaban J connectivity index is 1.46. The predicted octanol–water partition coefficient (Wildman–Crippen LogP) is 4.63. The minimum absolute atomic E-state index is 0.0490. The number of para-hydroxylation sites is 1. The van der Waals surface area contributed by atoms with Gasteiger partial charge in [-0.05, 0) is 18.2 Å². The molecule has 0 unspecified atom stereocenters. The van der Waals surface area contributed by atoms with Crippen LogP contribution in [0.3, 0.4) is 0 Å². The molecule has 4 rings (SSSR count). The first kappa shape index (κ1) is 16.1. The first-order chi connectivity index (χ1) is 11.6. The van der Waals surface area contributed by atoms with Crippen LogP contribution >= 0.6 is 45.9 Å². The van der Waals surface area contributed by atoms with Gasteiger partial charge in [0.15, 0.2) is 5.13 Å². The lowest BCUT2D eigenvalue weighted by Gasteiger charge is -2.34. The Morgan fingerprint density at radius 2 is 1.83 bits per heavy atom. The number of aromatic nitrogens is 1. The minimum atomic E-state index is -0.0490. The van der Waals surface area contributed by atoms with Crippen molar-refractivity contribution in [3.63, 3.8) is 0 Å². The van der Waals surface area contributed by atoms with Gasteiger partial charge in [-0.3, -0.25) is 4.79 Å². The molecule has 0 saturated carbocycles. The van der Waals surface area contributed by atoms with E-state index >= 15 is 0 Å². The lowest BCUT2D eigenvalue weighted by Crippen LogP contribution is -2.48. The topological polar surface area (TPSA) is 36.4 Å². The van der Waals surface area contributed by atoms with Crippen molar-refractivity contribution in [2.24, 2.45) is 0 Å². The molecule has 1 aliphatic rings. The van der Waals surface area contributed by atoms with E-state index in [2.05, 4.69) is 16.0 Å². The van der Waals surface area contributed by atoms with Gasteiger partial charge in [-0.1, -0.05) is 46.7 Å². The Bertz CT molecular complexity index is 867. The summed E-state index contributed by atoms with van der Waals surface area (Å²) in [5, 5.41) is 1.01. The number of thiazole rings is 1. The molecule has 8 heteroatoms. The van der Waals surface area contributed by atoms with Crippen molar-refractivity contribution in [1.29, 1.82) is 0 Å². The van der Waals surface area contributed by atoms with E-state index in [1.54, 1.807) is 17.4 Å². The number of nitrogens with zero attached hydrogens (tertiary/aromatic N) is 3. The van der Waals surface area contributed by atoms with E-state index in [1.165, 1.54) is 16.0 Å². The van der Waals surface area contributed by atoms with Gasteiger partial charge in [0.25, 0.3) is 5.91 Å². The van der Waals surface area contributed by atoms with Gasteiger partial charge >= 0.3 is 0 Å². The molecular formula is C16H13Cl2N3OS2. The normalized spacial score (nSPS) is 15.2. The minimum Gasteiger partial charge on any atom is -0.345 e. The SMILES string of the molecule is O=C(c1cc(Cl)sc1Cl)N1CCN(c2nc3ccccc3s2)CC1. The Hall–Kier alpha value is -1.34. The monoisotopic (exact) mass is 397 g/mol. The number of hydrogen-bond donors (Lipinski definition) is 0. The van der Waals surface area contributed by atoms with E-state index in [1.807, 2.05) is 23.1 Å². The van der Waals surface area contributed by atoms with Crippen molar-refractivity contribution < 1.29 is 4.79 Å². The number of hydrogen-bond acceptors (Lipinski definition) is 5. The maximum absolute atomic E-state index is 12.6. The summed E-state index contributed by atoms with van der Waals surface area (Å²) in [6.07, 6.45) is 0. The van der Waals surface area contributed by atoms with E-state index in [-0.39, 0.29) is 5.91 Å². The highest BCUT2D eigenvalue weighted by Crippen LogP contribution is 2.33. The van der Waals surface area contributed by atoms with Gasteiger partial charge in [0.05, 0.1) is 20.1 Å². The van der Waals surface area contributed by atoms with Crippen LogP contribution in [0.15, 0.2) is 30.3 Å². The first-order valence-electron chi connectivity index (χ1n) is 7.46. The van der Waals surface area contributed by atoms with Crippen LogP contribution in [0.4, 0.5) is 5.13 Å². The third kappa shape index (κ3) is 2.99. The number of thiophene rings is 1. The summed E-state index contributed by atoms with van der Waals surface area (Å²) in [4.78, 5) is 21.3. The van der Waals surface area contributed by atoms with E-state index in [0.717, 1.165) is 23.7 Å². The summed E-state index contributed by atoms with van der Waals surface area (Å²) in [7, 11) is 0. The fourth-order valence-electron chi connectivity index (χ4n) is 2.75. The van der Waals surface area contributed by atoms with Crippen molar-refractivity contribution in [3.8, 4) is 0 Å². The highest BCUT2D eigenvalue weighted by atomic mass is 35.5. The average molecular weight is 398 g/mol. The Kier molecular flexibility index (Phi) is 4.39. The molecule has 2 aromatic heterocycles. The second kappa shape index (κ2) is 6.52. The predicted molar refractivity (Wildman–Crippen MR) is 102 cm³/mol. The zero-order chi connectivity index (χ0) is 16.7. The summed E-state index contributed by atoms with van der Waals surface area (Å²) < 4.78 is 2.18. The van der Waals surface area contributed by atoms with E-state index in [0.29, 0.717) is 27.3 Å². The number of rotatable bonds is 2. The number of carbonyl (C=O) groups is 1. The summed E-state index contributed by atoms with van der Waals surface area (Å²) in [5.41, 5.74) is 1.52. The van der Waals surface area contributed by atoms with Crippen LogP contribution in [0.5, 0.6) is 0 Å². The molecule has 3 aromatic rings. The van der Waals surface area contributed by atoms with Crippen molar-refractivity contribution in [1.82, 2.24) is 9.88 Å². The highest BCUT2D eigenvalue weighted by Gasteiger charge is 2.26. The number of fused-ring (bicyclic) bond motifs is 1. The summed E-state index contributed by atoms with van der Waals surface area (Å²) >= 11 is 15.0. The summed E-state index contributed by atoms with van der Waals surface area (Å²) in [5.74, 6) is -0.0490. The molecule has 1 aromatic carbocycles. The largest absolute Gasteiger partial charge is 0.345 e. The average Bonchev–Trinajstić information content (AvgIpc) is 3.17. The quantitative estimate of drug-likeness (QED) is 0.632. The van der Waals surface area contributed by atoms with Gasteiger partial charge in [-0.15, -0.1) is 11.3 Å². The van der Waals surface area contributed by atoms with Crippen LogP contribution in [0.25, 0.3) is 10.2 Å². The van der Waals surface area contributed by atoms with Crippen molar-refractivity contribution in [3.05, 3.63) is 44.6 Å². The van der Waals surface area contributed by atoms with Crippen LogP contribution in [-0.2, 0) is 0 Å². The maximum atomic E-state index is 12.6. The second-order valence-electron chi connectivity index (χ2n) is 5.48. The molecule has 0 spiro atoms. The lowest BCUT2D eigenvalue weighted by atomic mass is 10.2. The molecule has 3 heterocycles. The number of benzene rings is 1. The molecule has 0 aliphatic carbocycles. The van der Waals surface area contributed by atoms with Gasteiger partial charge in [0, 0.05) is 26.2 Å². The van der Waals surface area contributed by atoms with E-state index in [9.17, 15) is 4.79 Å². The molecule has 0 bridgehead atoms. The number of anilines is 1. The molecular weight excluding hydrogens is 385 g/mol. The third-order valence-electron chi connectivity index (χ3n) is 4.01. The van der Waals surface area contributed by atoms with Crippen LogP contribution < -0.4 is 4.90 Å². The molecule has 0 radical (unpaired) electrons. The summed E-state index contributed by atoms with van der Waals surface area (Å²) in [6.45, 7) is 2.83. The maximum Gasteiger partial charge on any atom is 0.256 e. The van der Waals surface area contributed by atoms with Gasteiger partial charge in [-0.25, -0.2) is 4.98 Å². The smallest absolute Gasteiger partial charge is 0.256 e. The fourth-order valence-corrected chi connectivity index (χ4v) is 5.22. The molecule has 24 heavy (non-hydrogen) atoms. The number of piperazine rings is 1. The zero-order valence-electron chi connectivity index (χ0n) is 12.5. The van der Waals surface area contributed by atoms with Gasteiger partial charge in [-0.2, -0.15) is 0 Å². The number of carbonyl (C=O) groups excluding carboxylic acids is 1. The fraction of sp³-hybridized carbons (Fsp3) is 0.250. The first-order valence-corrected chi connectivity index (χ1v) is 9.85. The van der Waals surface area contributed by atoms with Gasteiger partial charge in [0.1, 0.15) is 4.34 Å². The van der Waals surface area contributed by atoms with Crippen molar-refractivity contribution in [2.75, 3.05) is 31.1 Å². The van der Waals surface area contributed by atoms with Gasteiger partial charge < -0.3 is 9.80 Å². The van der Waals surface area contributed by atoms with E-state index in [4.69, 9.17) is 23.2 Å². The molecule has 1 amide bonds. The molecule has 1 fully saturated rings. The lowest BCUT2D eigenvalue weighted by molar-refractivity contribution is 0.0747.